The summed E-state index contributed by atoms with van der Waals surface area (Å²) < 4.78 is 21.5. The van der Waals surface area contributed by atoms with Gasteiger partial charge in [0.25, 0.3) is 0 Å². The Morgan fingerprint density at radius 2 is 2.57 bits per heavy atom. The average Bonchev–Trinajstić information content (AvgIpc) is 1.54. The molecule has 0 aliphatic carbocycles. The van der Waals surface area contributed by atoms with Crippen molar-refractivity contribution in [1.82, 2.24) is 5.32 Å². The number of aliphatic hydroxyl groups is 1. The first-order valence-corrected chi connectivity index (χ1v) is 2.38. The van der Waals surface area contributed by atoms with Crippen molar-refractivity contribution in [2.45, 2.75) is 18.9 Å². The minimum Gasteiger partial charge on any atom is -0.393 e. The van der Waals surface area contributed by atoms with Crippen LogP contribution in [0.2, 0.25) is 0 Å². The Bertz CT molecular complexity index is 118. The first-order chi connectivity index (χ1) is 4.49. The summed E-state index contributed by atoms with van der Waals surface area (Å²) >= 11 is 0. The highest BCUT2D eigenvalue weighted by molar-refractivity contribution is 4.65. The van der Waals surface area contributed by atoms with E-state index in [2.05, 4.69) is 5.32 Å². The van der Waals surface area contributed by atoms with Crippen LogP contribution in [0.5, 0.6) is 0 Å². The molecule has 0 bridgehead atoms. The van der Waals surface area contributed by atoms with Crippen LogP contribution in [0.4, 0.5) is 0 Å². The maximum Gasteiger partial charge on any atom is 0.0564 e. The molecule has 0 amide bonds. The van der Waals surface area contributed by atoms with Crippen LogP contribution < -0.4 is 5.32 Å². The SMILES string of the molecule is [2H]C1CC(O)CC([2H])([2H])N1. The van der Waals surface area contributed by atoms with Crippen LogP contribution in [0, 0.1) is 0 Å². The van der Waals surface area contributed by atoms with E-state index in [1.807, 2.05) is 0 Å². The highest BCUT2D eigenvalue weighted by Gasteiger charge is 2.06. The van der Waals surface area contributed by atoms with Crippen LogP contribution in [0.15, 0.2) is 0 Å². The quantitative estimate of drug-likeness (QED) is 0.443. The summed E-state index contributed by atoms with van der Waals surface area (Å²) in [6.07, 6.45) is -0.263. The lowest BCUT2D eigenvalue weighted by Gasteiger charge is -2.16. The van der Waals surface area contributed by atoms with E-state index in [1.165, 1.54) is 0 Å². The van der Waals surface area contributed by atoms with Crippen LogP contribution in [0.1, 0.15) is 17.0 Å². The molecule has 0 saturated carbocycles. The Morgan fingerprint density at radius 3 is 3.14 bits per heavy atom. The van der Waals surface area contributed by atoms with E-state index in [0.717, 1.165) is 0 Å². The van der Waals surface area contributed by atoms with E-state index in [4.69, 9.17) is 9.22 Å². The highest BCUT2D eigenvalue weighted by Crippen LogP contribution is 1.99. The molecule has 1 aliphatic rings. The van der Waals surface area contributed by atoms with Gasteiger partial charge in [-0.1, -0.05) is 0 Å². The fourth-order valence-corrected chi connectivity index (χ4v) is 0.527. The number of hydrogen-bond donors (Lipinski definition) is 2. The molecule has 2 unspecified atom stereocenters. The van der Waals surface area contributed by atoms with Crippen LogP contribution >= 0.6 is 0 Å². The van der Waals surface area contributed by atoms with Crippen molar-refractivity contribution in [3.63, 3.8) is 0 Å². The third-order valence-corrected chi connectivity index (χ3v) is 0.932. The van der Waals surface area contributed by atoms with Gasteiger partial charge >= 0.3 is 0 Å². The molecule has 1 heterocycles. The van der Waals surface area contributed by atoms with Crippen molar-refractivity contribution in [1.29, 1.82) is 0 Å². The number of nitrogens with one attached hydrogen (secondary N) is 1. The maximum atomic E-state index is 9.02. The second-order valence-corrected chi connectivity index (χ2v) is 1.62. The minimum absolute atomic E-state index is 0.0857. The summed E-state index contributed by atoms with van der Waals surface area (Å²) in [5.74, 6) is 0. The molecule has 1 saturated heterocycles. The summed E-state index contributed by atoms with van der Waals surface area (Å²) in [4.78, 5) is 0. The Kier molecular flexibility index (Phi) is 0.804. The van der Waals surface area contributed by atoms with Crippen molar-refractivity contribution in [2.24, 2.45) is 0 Å². The van der Waals surface area contributed by atoms with Gasteiger partial charge in [-0.05, 0) is 25.9 Å². The lowest BCUT2D eigenvalue weighted by molar-refractivity contribution is 0.137. The van der Waals surface area contributed by atoms with E-state index in [1.54, 1.807) is 0 Å². The Hall–Kier alpha value is -0.0800. The summed E-state index contributed by atoms with van der Waals surface area (Å²) in [5.41, 5.74) is 0. The van der Waals surface area contributed by atoms with Crippen LogP contribution in [-0.4, -0.2) is 24.2 Å². The van der Waals surface area contributed by atoms with E-state index < -0.39 is 19.1 Å². The fraction of sp³-hybridized carbons (Fsp3) is 1.00. The average molecular weight is 104 g/mol. The van der Waals surface area contributed by atoms with Crippen molar-refractivity contribution < 1.29 is 9.22 Å². The molecule has 2 N–H and O–H groups in total. The number of piperidine rings is 1. The monoisotopic (exact) mass is 104 g/mol. The zero-order valence-corrected chi connectivity index (χ0v) is 4.02. The van der Waals surface area contributed by atoms with Gasteiger partial charge in [-0.25, -0.2) is 0 Å². The van der Waals surface area contributed by atoms with Gasteiger partial charge in [-0.3, -0.25) is 0 Å². The van der Waals surface area contributed by atoms with Gasteiger partial charge in [0.2, 0.25) is 0 Å². The molecule has 1 fully saturated rings. The van der Waals surface area contributed by atoms with Gasteiger partial charge in [0.1, 0.15) is 0 Å². The van der Waals surface area contributed by atoms with E-state index >= 15 is 0 Å². The molecule has 2 nitrogen and oxygen atoms in total. The van der Waals surface area contributed by atoms with Crippen LogP contribution in [-0.2, 0) is 0 Å². The summed E-state index contributed by atoms with van der Waals surface area (Å²) in [6, 6.07) is 0. The second-order valence-electron chi connectivity index (χ2n) is 1.62. The minimum atomic E-state index is -1.57. The van der Waals surface area contributed by atoms with Gasteiger partial charge in [0.05, 0.1) is 6.10 Å². The first-order valence-electron chi connectivity index (χ1n) is 3.95. The summed E-state index contributed by atoms with van der Waals surface area (Å²) in [6.45, 7) is -2.23. The van der Waals surface area contributed by atoms with Crippen LogP contribution in [0.3, 0.4) is 0 Å². The van der Waals surface area contributed by atoms with Crippen molar-refractivity contribution in [3.8, 4) is 0 Å². The molecule has 2 atom stereocenters. The summed E-state index contributed by atoms with van der Waals surface area (Å²) in [7, 11) is 0. The predicted octanol–water partition coefficient (Wildman–Crippen LogP) is -0.269. The van der Waals surface area contributed by atoms with Crippen molar-refractivity contribution >= 4 is 0 Å². The molecule has 0 radical (unpaired) electrons. The first kappa shape index (κ1) is 2.46. The number of rotatable bonds is 0. The Labute approximate surface area is 47.8 Å². The largest absolute Gasteiger partial charge is 0.393 e. The molecule has 2 heteroatoms. The molecular formula is C5H11NO. The molecule has 0 spiro atoms. The molecule has 7 heavy (non-hydrogen) atoms. The van der Waals surface area contributed by atoms with Crippen molar-refractivity contribution in [3.05, 3.63) is 0 Å². The molecule has 0 aromatic heterocycles. The third kappa shape index (κ3) is 1.45. The molecular weight excluding hydrogens is 90.1 g/mol. The highest BCUT2D eigenvalue weighted by atomic mass is 16.3. The number of hydrogen-bond acceptors (Lipinski definition) is 2. The topological polar surface area (TPSA) is 32.3 Å². The summed E-state index contributed by atoms with van der Waals surface area (Å²) in [5, 5.41) is 11.4. The van der Waals surface area contributed by atoms with Gasteiger partial charge in [0.15, 0.2) is 0 Å². The smallest absolute Gasteiger partial charge is 0.0564 e. The molecule has 42 valence electrons. The lowest BCUT2D eigenvalue weighted by atomic mass is 10.1. The van der Waals surface area contributed by atoms with E-state index in [0.29, 0.717) is 6.42 Å². The molecule has 1 aliphatic heterocycles. The van der Waals surface area contributed by atoms with E-state index in [-0.39, 0.29) is 6.42 Å². The molecule has 0 aromatic rings. The Balaban J connectivity index is 2.51. The maximum absolute atomic E-state index is 9.02. The standard InChI is InChI=1S/C5H11NO/c7-5-1-3-6-4-2-5/h5-7H,1-4H2/i3D,4D2. The molecule has 1 rings (SSSR count). The van der Waals surface area contributed by atoms with Gasteiger partial charge in [0, 0.05) is 4.11 Å². The van der Waals surface area contributed by atoms with Gasteiger partial charge < -0.3 is 10.4 Å². The Morgan fingerprint density at radius 1 is 1.71 bits per heavy atom. The normalized spacial score (nSPS) is 57.0. The van der Waals surface area contributed by atoms with Crippen LogP contribution in [0.25, 0.3) is 0 Å². The molecule has 0 aromatic carbocycles. The van der Waals surface area contributed by atoms with Gasteiger partial charge in [-0.15, -0.1) is 0 Å². The van der Waals surface area contributed by atoms with E-state index in [9.17, 15) is 0 Å². The zero-order chi connectivity index (χ0) is 7.78. The third-order valence-electron chi connectivity index (χ3n) is 0.932. The fourth-order valence-electron chi connectivity index (χ4n) is 0.527. The van der Waals surface area contributed by atoms with Crippen molar-refractivity contribution in [2.75, 3.05) is 13.0 Å². The van der Waals surface area contributed by atoms with Gasteiger partial charge in [-0.2, -0.15) is 0 Å². The predicted molar refractivity (Wildman–Crippen MR) is 28.1 cm³/mol. The zero-order valence-electron chi connectivity index (χ0n) is 7.02. The number of aliphatic hydroxyl groups excluding tert-OH is 1. The lowest BCUT2D eigenvalue weighted by Crippen LogP contribution is -2.30. The second kappa shape index (κ2) is 2.28.